The third-order valence-corrected chi connectivity index (χ3v) is 3.15. The van der Waals surface area contributed by atoms with E-state index in [1.807, 2.05) is 24.3 Å². The van der Waals surface area contributed by atoms with Crippen LogP contribution in [0.1, 0.15) is 0 Å². The maximum atomic E-state index is 5.82. The Morgan fingerprint density at radius 3 is 2.50 bits per heavy atom. The first kappa shape index (κ1) is 11.4. The molecule has 0 spiro atoms. The number of nitrogens with two attached hydrogens (primary N) is 1. The Kier molecular flexibility index (Phi) is 3.46. The Morgan fingerprint density at radius 2 is 1.81 bits per heavy atom. The molecule has 0 aliphatic rings. The molecular formula is C11H8Br2N2O. The lowest BCUT2D eigenvalue weighted by Gasteiger charge is -2.10. The highest BCUT2D eigenvalue weighted by molar-refractivity contribution is 9.11. The van der Waals surface area contributed by atoms with Gasteiger partial charge in [-0.25, -0.2) is 4.98 Å². The Balaban J connectivity index is 2.38. The molecule has 0 fully saturated rings. The number of nitrogens with zero attached hydrogens (tertiary/aromatic N) is 1. The maximum Gasteiger partial charge on any atom is 0.233 e. The van der Waals surface area contributed by atoms with Crippen LogP contribution in [0.25, 0.3) is 0 Å². The number of nitrogen functional groups attached to an aromatic ring is 1. The molecule has 1 aromatic heterocycles. The molecule has 0 saturated carbocycles. The van der Waals surface area contributed by atoms with Crippen molar-refractivity contribution in [1.82, 2.24) is 4.98 Å². The second-order valence-corrected chi connectivity index (χ2v) is 4.76. The molecule has 3 nitrogen and oxygen atoms in total. The van der Waals surface area contributed by atoms with Crippen molar-refractivity contribution in [2.24, 2.45) is 0 Å². The van der Waals surface area contributed by atoms with Gasteiger partial charge in [-0.1, -0.05) is 6.07 Å². The fraction of sp³-hybridized carbons (Fsp3) is 0. The number of pyridine rings is 1. The molecule has 0 radical (unpaired) electrons. The number of hydrogen-bond donors (Lipinski definition) is 1. The van der Waals surface area contributed by atoms with Crippen LogP contribution in [0.15, 0.2) is 45.5 Å². The van der Waals surface area contributed by atoms with Crippen LogP contribution in [-0.2, 0) is 0 Å². The van der Waals surface area contributed by atoms with E-state index in [0.29, 0.717) is 17.3 Å². The van der Waals surface area contributed by atoms with Gasteiger partial charge in [0.15, 0.2) is 5.75 Å². The van der Waals surface area contributed by atoms with Gasteiger partial charge in [0.1, 0.15) is 0 Å². The molecule has 16 heavy (non-hydrogen) atoms. The summed E-state index contributed by atoms with van der Waals surface area (Å²) in [6, 6.07) is 9.16. The van der Waals surface area contributed by atoms with Gasteiger partial charge in [0.25, 0.3) is 0 Å². The summed E-state index contributed by atoms with van der Waals surface area (Å²) in [4.78, 5) is 4.11. The van der Waals surface area contributed by atoms with E-state index < -0.39 is 0 Å². The number of para-hydroxylation sites is 1. The number of rotatable bonds is 2. The van der Waals surface area contributed by atoms with E-state index >= 15 is 0 Å². The van der Waals surface area contributed by atoms with E-state index in [9.17, 15) is 0 Å². The zero-order chi connectivity index (χ0) is 11.5. The zero-order valence-corrected chi connectivity index (χ0v) is 11.3. The summed E-state index contributed by atoms with van der Waals surface area (Å²) in [6.45, 7) is 0. The fourth-order valence-electron chi connectivity index (χ4n) is 1.18. The number of hydrogen-bond acceptors (Lipinski definition) is 3. The van der Waals surface area contributed by atoms with Crippen molar-refractivity contribution < 1.29 is 4.74 Å². The minimum atomic E-state index is 0.487. The van der Waals surface area contributed by atoms with Gasteiger partial charge in [-0.15, -0.1) is 0 Å². The van der Waals surface area contributed by atoms with Crippen molar-refractivity contribution in [3.05, 3.63) is 45.5 Å². The lowest BCUT2D eigenvalue weighted by molar-refractivity contribution is 0.459. The third-order valence-electron chi connectivity index (χ3n) is 1.92. The molecule has 0 unspecified atom stereocenters. The quantitative estimate of drug-likeness (QED) is 0.839. The average Bonchev–Trinajstić information content (AvgIpc) is 2.26. The zero-order valence-electron chi connectivity index (χ0n) is 8.15. The predicted octanol–water partition coefficient (Wildman–Crippen LogP) is 3.98. The Labute approximate surface area is 110 Å². The minimum Gasteiger partial charge on any atom is -0.435 e. The lowest BCUT2D eigenvalue weighted by atomic mass is 10.3. The minimum absolute atomic E-state index is 0.487. The molecular weight excluding hydrogens is 336 g/mol. The lowest BCUT2D eigenvalue weighted by Crippen LogP contribution is -1.94. The van der Waals surface area contributed by atoms with E-state index in [-0.39, 0.29) is 0 Å². The van der Waals surface area contributed by atoms with Crippen molar-refractivity contribution in [1.29, 1.82) is 0 Å². The van der Waals surface area contributed by atoms with Crippen LogP contribution in [0.3, 0.4) is 0 Å². The molecule has 5 heteroatoms. The molecule has 0 aliphatic carbocycles. The molecule has 1 heterocycles. The van der Waals surface area contributed by atoms with Crippen LogP contribution >= 0.6 is 31.9 Å². The summed E-state index contributed by atoms with van der Waals surface area (Å²) in [5.74, 6) is 1.06. The first-order valence-electron chi connectivity index (χ1n) is 4.51. The first-order chi connectivity index (χ1) is 7.68. The van der Waals surface area contributed by atoms with Gasteiger partial charge in [-0.3, -0.25) is 0 Å². The summed E-state index contributed by atoms with van der Waals surface area (Å²) >= 11 is 6.74. The van der Waals surface area contributed by atoms with Crippen molar-refractivity contribution in [3.63, 3.8) is 0 Å². The number of aromatic nitrogens is 1. The SMILES string of the molecule is Nc1cccc(Br)c1Oc1ncccc1Br. The number of halogens is 2. The van der Waals surface area contributed by atoms with Crippen LogP contribution in [0.2, 0.25) is 0 Å². The number of anilines is 1. The van der Waals surface area contributed by atoms with Crippen molar-refractivity contribution in [2.45, 2.75) is 0 Å². The van der Waals surface area contributed by atoms with E-state index in [4.69, 9.17) is 10.5 Å². The van der Waals surface area contributed by atoms with E-state index in [2.05, 4.69) is 36.8 Å². The predicted molar refractivity (Wildman–Crippen MR) is 70.6 cm³/mol. The highest BCUT2D eigenvalue weighted by Gasteiger charge is 2.09. The van der Waals surface area contributed by atoms with Gasteiger partial charge >= 0.3 is 0 Å². The fourth-order valence-corrected chi connectivity index (χ4v) is 1.97. The Hall–Kier alpha value is -1.07. The Bertz CT molecular complexity index is 497. The molecule has 0 amide bonds. The van der Waals surface area contributed by atoms with Crippen molar-refractivity contribution >= 4 is 37.5 Å². The molecule has 0 saturated heterocycles. The van der Waals surface area contributed by atoms with Crippen LogP contribution in [0.5, 0.6) is 11.6 Å². The Morgan fingerprint density at radius 1 is 1.06 bits per heavy atom. The van der Waals surface area contributed by atoms with Gasteiger partial charge in [0.2, 0.25) is 5.88 Å². The highest BCUT2D eigenvalue weighted by Crippen LogP contribution is 2.36. The van der Waals surface area contributed by atoms with Gasteiger partial charge in [-0.2, -0.15) is 0 Å². The summed E-state index contributed by atoms with van der Waals surface area (Å²) in [5.41, 5.74) is 6.38. The molecule has 2 N–H and O–H groups in total. The van der Waals surface area contributed by atoms with Gasteiger partial charge in [0.05, 0.1) is 14.6 Å². The van der Waals surface area contributed by atoms with E-state index in [1.165, 1.54) is 0 Å². The molecule has 82 valence electrons. The molecule has 0 bridgehead atoms. The summed E-state index contributed by atoms with van der Waals surface area (Å²) < 4.78 is 7.22. The first-order valence-corrected chi connectivity index (χ1v) is 6.09. The third kappa shape index (κ3) is 2.36. The van der Waals surface area contributed by atoms with Crippen LogP contribution in [0.4, 0.5) is 5.69 Å². The number of ether oxygens (including phenoxy) is 1. The molecule has 2 rings (SSSR count). The van der Waals surface area contributed by atoms with Crippen LogP contribution < -0.4 is 10.5 Å². The van der Waals surface area contributed by atoms with E-state index in [0.717, 1.165) is 8.95 Å². The normalized spacial score (nSPS) is 10.1. The average molecular weight is 344 g/mol. The molecule has 0 aliphatic heterocycles. The smallest absolute Gasteiger partial charge is 0.233 e. The van der Waals surface area contributed by atoms with Crippen molar-refractivity contribution in [3.8, 4) is 11.6 Å². The molecule has 0 atom stereocenters. The standard InChI is InChI=1S/C11H8Br2N2O/c12-7-3-1-5-9(14)10(7)16-11-8(13)4-2-6-15-11/h1-6H,14H2. The van der Waals surface area contributed by atoms with Gasteiger partial charge in [-0.05, 0) is 56.1 Å². The van der Waals surface area contributed by atoms with Crippen LogP contribution in [-0.4, -0.2) is 4.98 Å². The molecule has 1 aromatic carbocycles. The summed E-state index contributed by atoms with van der Waals surface area (Å²) in [7, 11) is 0. The molecule has 2 aromatic rings. The van der Waals surface area contributed by atoms with Gasteiger partial charge < -0.3 is 10.5 Å². The maximum absolute atomic E-state index is 5.82. The second-order valence-electron chi connectivity index (χ2n) is 3.05. The monoisotopic (exact) mass is 342 g/mol. The van der Waals surface area contributed by atoms with Gasteiger partial charge in [0, 0.05) is 6.20 Å². The second kappa shape index (κ2) is 4.84. The van der Waals surface area contributed by atoms with Crippen LogP contribution in [0, 0.1) is 0 Å². The number of benzene rings is 1. The van der Waals surface area contributed by atoms with Crippen molar-refractivity contribution in [2.75, 3.05) is 5.73 Å². The summed E-state index contributed by atoms with van der Waals surface area (Å²) in [6.07, 6.45) is 1.66. The largest absolute Gasteiger partial charge is 0.435 e. The topological polar surface area (TPSA) is 48.1 Å². The van der Waals surface area contributed by atoms with E-state index in [1.54, 1.807) is 12.3 Å². The summed E-state index contributed by atoms with van der Waals surface area (Å²) in [5, 5.41) is 0. The highest BCUT2D eigenvalue weighted by atomic mass is 79.9.